The van der Waals surface area contributed by atoms with E-state index < -0.39 is 0 Å². The largest absolute Gasteiger partial charge is 0.501 e. The van der Waals surface area contributed by atoms with Gasteiger partial charge in [0.05, 0.1) is 12.9 Å². The van der Waals surface area contributed by atoms with Crippen molar-refractivity contribution >= 4 is 6.08 Å². The predicted molar refractivity (Wildman–Crippen MR) is 70.2 cm³/mol. The molecule has 1 nitrogen and oxygen atoms in total. The van der Waals surface area contributed by atoms with Gasteiger partial charge in [-0.1, -0.05) is 62.9 Å². The maximum Gasteiger partial charge on any atom is 0.0873 e. The Kier molecular flexibility index (Phi) is 7.23. The second kappa shape index (κ2) is 9.02. The van der Waals surface area contributed by atoms with E-state index in [0.717, 1.165) is 6.61 Å². The van der Waals surface area contributed by atoms with Gasteiger partial charge in [-0.2, -0.15) is 0 Å². The predicted octanol–water partition coefficient (Wildman–Crippen LogP) is 4.64. The molecule has 0 unspecified atom stereocenters. The summed E-state index contributed by atoms with van der Waals surface area (Å²) < 4.78 is 5.44. The van der Waals surface area contributed by atoms with E-state index in [4.69, 9.17) is 4.74 Å². The van der Waals surface area contributed by atoms with Gasteiger partial charge in [0.15, 0.2) is 0 Å². The van der Waals surface area contributed by atoms with E-state index in [0.29, 0.717) is 0 Å². The topological polar surface area (TPSA) is 9.23 Å². The molecule has 0 saturated heterocycles. The van der Waals surface area contributed by atoms with Crippen LogP contribution < -0.4 is 0 Å². The molecule has 0 spiro atoms. The lowest BCUT2D eigenvalue weighted by Gasteiger charge is -2.00. The molecule has 1 rings (SSSR count). The maximum atomic E-state index is 5.44. The van der Waals surface area contributed by atoms with Gasteiger partial charge in [0.1, 0.15) is 0 Å². The molecular formula is C15H22O. The molecule has 0 aromatic heterocycles. The van der Waals surface area contributed by atoms with E-state index in [2.05, 4.69) is 19.1 Å². The minimum absolute atomic E-state index is 0.840. The first-order valence-electron chi connectivity index (χ1n) is 6.26. The molecule has 88 valence electrons. The molecule has 1 heteroatoms. The monoisotopic (exact) mass is 218 g/mol. The summed E-state index contributed by atoms with van der Waals surface area (Å²) in [5.74, 6) is 0. The van der Waals surface area contributed by atoms with Crippen molar-refractivity contribution in [3.63, 3.8) is 0 Å². The van der Waals surface area contributed by atoms with Gasteiger partial charge >= 0.3 is 0 Å². The van der Waals surface area contributed by atoms with Gasteiger partial charge in [0, 0.05) is 0 Å². The Labute approximate surface area is 99.1 Å². The molecule has 16 heavy (non-hydrogen) atoms. The Bertz CT molecular complexity index is 277. The highest BCUT2D eigenvalue weighted by molar-refractivity contribution is 5.47. The summed E-state index contributed by atoms with van der Waals surface area (Å²) in [6, 6.07) is 10.2. The van der Waals surface area contributed by atoms with Gasteiger partial charge in [-0.15, -0.1) is 0 Å². The van der Waals surface area contributed by atoms with E-state index >= 15 is 0 Å². The average molecular weight is 218 g/mol. The second-order valence-corrected chi connectivity index (χ2v) is 4.00. The molecule has 1 aromatic rings. The number of hydrogen-bond donors (Lipinski definition) is 0. The summed E-state index contributed by atoms with van der Waals surface area (Å²) in [6.45, 7) is 3.08. The Morgan fingerprint density at radius 2 is 1.75 bits per heavy atom. The molecule has 0 aliphatic heterocycles. The van der Waals surface area contributed by atoms with Crippen molar-refractivity contribution < 1.29 is 4.74 Å². The average Bonchev–Trinajstić information content (AvgIpc) is 2.34. The molecule has 0 aliphatic rings. The van der Waals surface area contributed by atoms with Gasteiger partial charge in [-0.3, -0.25) is 0 Å². The zero-order chi connectivity index (χ0) is 11.5. The van der Waals surface area contributed by atoms with Crippen LogP contribution in [0.4, 0.5) is 0 Å². The number of ether oxygens (including phenoxy) is 1. The standard InChI is InChI=1S/C15H22O/c1-2-3-4-5-9-13-16-14-12-15-10-7-6-8-11-15/h6-8,10-12,14H,2-5,9,13H2,1H3/b14-12-. The van der Waals surface area contributed by atoms with Crippen LogP contribution in [0.1, 0.15) is 44.6 Å². The Morgan fingerprint density at radius 3 is 2.50 bits per heavy atom. The fourth-order valence-corrected chi connectivity index (χ4v) is 1.55. The first kappa shape index (κ1) is 12.8. The first-order valence-corrected chi connectivity index (χ1v) is 6.26. The lowest BCUT2D eigenvalue weighted by molar-refractivity contribution is 0.243. The lowest BCUT2D eigenvalue weighted by Crippen LogP contribution is -1.87. The number of rotatable bonds is 8. The summed E-state index contributed by atoms with van der Waals surface area (Å²) in [7, 11) is 0. The van der Waals surface area contributed by atoms with Crippen molar-refractivity contribution in [2.45, 2.75) is 39.0 Å². The summed E-state index contributed by atoms with van der Waals surface area (Å²) in [5.41, 5.74) is 1.19. The highest BCUT2D eigenvalue weighted by Crippen LogP contribution is 2.04. The van der Waals surface area contributed by atoms with Crippen LogP contribution in [-0.4, -0.2) is 6.61 Å². The Morgan fingerprint density at radius 1 is 1.00 bits per heavy atom. The van der Waals surface area contributed by atoms with Crippen LogP contribution in [0.5, 0.6) is 0 Å². The fraction of sp³-hybridized carbons (Fsp3) is 0.467. The number of benzene rings is 1. The van der Waals surface area contributed by atoms with Crippen LogP contribution in [0, 0.1) is 0 Å². The summed E-state index contributed by atoms with van der Waals surface area (Å²) in [5, 5.41) is 0. The van der Waals surface area contributed by atoms with Crippen molar-refractivity contribution in [2.75, 3.05) is 6.61 Å². The normalized spacial score (nSPS) is 10.8. The van der Waals surface area contributed by atoms with Crippen molar-refractivity contribution in [3.8, 4) is 0 Å². The zero-order valence-electron chi connectivity index (χ0n) is 10.2. The first-order chi connectivity index (χ1) is 7.93. The minimum Gasteiger partial charge on any atom is -0.501 e. The third kappa shape index (κ3) is 6.28. The molecule has 0 saturated carbocycles. The van der Waals surface area contributed by atoms with Gasteiger partial charge in [0.2, 0.25) is 0 Å². The highest BCUT2D eigenvalue weighted by Gasteiger charge is 1.88. The van der Waals surface area contributed by atoms with E-state index in [1.165, 1.54) is 37.7 Å². The Hall–Kier alpha value is -1.24. The van der Waals surface area contributed by atoms with E-state index in [1.807, 2.05) is 24.3 Å². The molecule has 0 fully saturated rings. The Balaban J connectivity index is 2.01. The van der Waals surface area contributed by atoms with E-state index in [-0.39, 0.29) is 0 Å². The van der Waals surface area contributed by atoms with Crippen molar-refractivity contribution in [1.82, 2.24) is 0 Å². The SMILES string of the molecule is CCCCCCCO/C=C\c1ccccc1. The van der Waals surface area contributed by atoms with Crippen LogP contribution >= 0.6 is 0 Å². The fourth-order valence-electron chi connectivity index (χ4n) is 1.55. The van der Waals surface area contributed by atoms with E-state index in [9.17, 15) is 0 Å². The molecule has 0 atom stereocenters. The molecule has 0 aliphatic carbocycles. The summed E-state index contributed by atoms with van der Waals surface area (Å²) in [4.78, 5) is 0. The smallest absolute Gasteiger partial charge is 0.0873 e. The third-order valence-electron chi connectivity index (χ3n) is 2.52. The van der Waals surface area contributed by atoms with Crippen LogP contribution in [-0.2, 0) is 4.74 Å². The molecule has 0 N–H and O–H groups in total. The minimum atomic E-state index is 0.840. The van der Waals surface area contributed by atoms with Crippen LogP contribution in [0.25, 0.3) is 6.08 Å². The highest BCUT2D eigenvalue weighted by atomic mass is 16.5. The third-order valence-corrected chi connectivity index (χ3v) is 2.52. The maximum absolute atomic E-state index is 5.44. The molecular weight excluding hydrogens is 196 g/mol. The molecule has 1 aromatic carbocycles. The van der Waals surface area contributed by atoms with Crippen LogP contribution in [0.2, 0.25) is 0 Å². The molecule has 0 amide bonds. The van der Waals surface area contributed by atoms with Crippen molar-refractivity contribution in [3.05, 3.63) is 42.2 Å². The molecule has 0 bridgehead atoms. The summed E-state index contributed by atoms with van der Waals surface area (Å²) in [6.07, 6.45) is 10.2. The zero-order valence-corrected chi connectivity index (χ0v) is 10.2. The van der Waals surface area contributed by atoms with Gasteiger partial charge in [0.25, 0.3) is 0 Å². The quantitative estimate of drug-likeness (QED) is 0.456. The van der Waals surface area contributed by atoms with Gasteiger partial charge in [-0.25, -0.2) is 0 Å². The number of hydrogen-bond acceptors (Lipinski definition) is 1. The summed E-state index contributed by atoms with van der Waals surface area (Å²) >= 11 is 0. The second-order valence-electron chi connectivity index (χ2n) is 4.00. The van der Waals surface area contributed by atoms with E-state index in [1.54, 1.807) is 6.26 Å². The van der Waals surface area contributed by atoms with Gasteiger partial charge in [-0.05, 0) is 18.1 Å². The van der Waals surface area contributed by atoms with Crippen molar-refractivity contribution in [2.24, 2.45) is 0 Å². The molecule has 0 heterocycles. The lowest BCUT2D eigenvalue weighted by atomic mass is 10.2. The van der Waals surface area contributed by atoms with Crippen molar-refractivity contribution in [1.29, 1.82) is 0 Å². The van der Waals surface area contributed by atoms with Crippen LogP contribution in [0.15, 0.2) is 36.6 Å². The molecule has 0 radical (unpaired) electrons. The van der Waals surface area contributed by atoms with Crippen LogP contribution in [0.3, 0.4) is 0 Å². The van der Waals surface area contributed by atoms with Gasteiger partial charge < -0.3 is 4.74 Å². The number of unbranched alkanes of at least 4 members (excludes halogenated alkanes) is 4.